The molecule has 2 heterocycles. The predicted molar refractivity (Wildman–Crippen MR) is 140 cm³/mol. The molecule has 0 saturated carbocycles. The van der Waals surface area contributed by atoms with Crippen molar-refractivity contribution in [1.29, 1.82) is 0 Å². The Balaban J connectivity index is 1.42. The molecule has 0 spiro atoms. The van der Waals surface area contributed by atoms with Gasteiger partial charge in [0.1, 0.15) is 30.2 Å². The smallest absolute Gasteiger partial charge is 0.264 e. The van der Waals surface area contributed by atoms with Crippen molar-refractivity contribution in [3.63, 3.8) is 0 Å². The van der Waals surface area contributed by atoms with Gasteiger partial charge in [-0.2, -0.15) is 9.61 Å². The topological polar surface area (TPSA) is 88.4 Å². The third kappa shape index (κ3) is 5.14. The highest BCUT2D eigenvalue weighted by atomic mass is 35.5. The summed E-state index contributed by atoms with van der Waals surface area (Å²) in [7, 11) is 1.71. The van der Waals surface area contributed by atoms with Gasteiger partial charge in [0.2, 0.25) is 0 Å². The van der Waals surface area contributed by atoms with E-state index in [1.54, 1.807) is 34.8 Å². The lowest BCUT2D eigenvalue weighted by Gasteiger charge is -2.13. The summed E-state index contributed by atoms with van der Waals surface area (Å²) in [6.45, 7) is 0.269. The highest BCUT2D eigenvalue weighted by molar-refractivity contribution is 7.92. The van der Waals surface area contributed by atoms with Crippen LogP contribution in [0.3, 0.4) is 0 Å². The third-order valence-corrected chi connectivity index (χ3v) is 7.21. The zero-order valence-electron chi connectivity index (χ0n) is 19.0. The molecule has 7 nitrogen and oxygen atoms in total. The molecule has 0 saturated heterocycles. The van der Waals surface area contributed by atoms with Crippen LogP contribution in [0.2, 0.25) is 5.02 Å². The Labute approximate surface area is 217 Å². The minimum Gasteiger partial charge on any atom is -0.366 e. The van der Waals surface area contributed by atoms with E-state index in [0.29, 0.717) is 39.3 Å². The molecule has 0 fully saturated rings. The first-order valence-electron chi connectivity index (χ1n) is 10.9. The van der Waals surface area contributed by atoms with Crippen molar-refractivity contribution in [3.8, 4) is 11.3 Å². The summed E-state index contributed by atoms with van der Waals surface area (Å²) in [5.74, 6) is -1.34. The molecule has 0 unspecified atom stereocenters. The van der Waals surface area contributed by atoms with Crippen molar-refractivity contribution in [3.05, 3.63) is 101 Å². The van der Waals surface area contributed by atoms with Crippen LogP contribution < -0.4 is 15.5 Å². The molecule has 0 atom stereocenters. The maximum atomic E-state index is 14.0. The Morgan fingerprint density at radius 1 is 1.00 bits per heavy atom. The molecule has 2 aromatic heterocycles. The molecule has 3 aromatic carbocycles. The molecule has 37 heavy (non-hydrogen) atoms. The van der Waals surface area contributed by atoms with E-state index in [0.717, 1.165) is 17.7 Å². The molecule has 0 bridgehead atoms. The number of halogens is 3. The number of sulfonamides is 1. The molecule has 0 aliphatic heterocycles. The minimum absolute atomic E-state index is 0.183. The van der Waals surface area contributed by atoms with Gasteiger partial charge in [0.25, 0.3) is 10.0 Å². The standard InChI is InChI=1S/C25H17BClF2N5O2S/c26-19-14-31-34-24(12-22(32-25(19)34)18-6-1-2-7-20(18)27)30-13-15-4-3-5-17(10-15)33-37(35,36)23-11-16(28)8-9-21(23)29/h1-12,14,30,33H,13H2. The summed E-state index contributed by atoms with van der Waals surface area (Å²) in [4.78, 5) is 3.82. The van der Waals surface area contributed by atoms with Crippen molar-refractivity contribution in [1.82, 2.24) is 14.6 Å². The number of anilines is 2. The van der Waals surface area contributed by atoms with E-state index in [4.69, 9.17) is 19.4 Å². The molecule has 5 rings (SSSR count). The molecular weight excluding hydrogens is 519 g/mol. The monoisotopic (exact) mass is 535 g/mol. The summed E-state index contributed by atoms with van der Waals surface area (Å²) < 4.78 is 56.7. The van der Waals surface area contributed by atoms with Crippen LogP contribution in [0.5, 0.6) is 0 Å². The van der Waals surface area contributed by atoms with Crippen LogP contribution in [0.1, 0.15) is 5.56 Å². The van der Waals surface area contributed by atoms with E-state index in [1.807, 2.05) is 18.2 Å². The number of nitrogens with zero attached hydrogens (tertiary/aromatic N) is 3. The summed E-state index contributed by atoms with van der Waals surface area (Å²) >= 11 is 6.37. The molecule has 0 aliphatic rings. The van der Waals surface area contributed by atoms with E-state index >= 15 is 0 Å². The van der Waals surface area contributed by atoms with Gasteiger partial charge in [-0.05, 0) is 47.4 Å². The van der Waals surface area contributed by atoms with Crippen molar-refractivity contribution in [2.45, 2.75) is 11.4 Å². The fourth-order valence-electron chi connectivity index (χ4n) is 3.74. The second-order valence-corrected chi connectivity index (χ2v) is 10.1. The Morgan fingerprint density at radius 2 is 1.81 bits per heavy atom. The van der Waals surface area contributed by atoms with E-state index in [2.05, 4.69) is 20.1 Å². The van der Waals surface area contributed by atoms with Crippen molar-refractivity contribution in [2.75, 3.05) is 10.0 Å². The van der Waals surface area contributed by atoms with Crippen molar-refractivity contribution < 1.29 is 17.2 Å². The Morgan fingerprint density at radius 3 is 2.62 bits per heavy atom. The van der Waals surface area contributed by atoms with Gasteiger partial charge in [-0.3, -0.25) is 4.72 Å². The number of aromatic nitrogens is 3. The van der Waals surface area contributed by atoms with Crippen LogP contribution in [0.15, 0.2) is 83.9 Å². The second kappa shape index (κ2) is 9.83. The first-order chi connectivity index (χ1) is 17.7. The van der Waals surface area contributed by atoms with Crippen LogP contribution in [0, 0.1) is 11.6 Å². The molecule has 2 radical (unpaired) electrons. The van der Waals surface area contributed by atoms with Gasteiger partial charge < -0.3 is 5.32 Å². The number of hydrogen-bond donors (Lipinski definition) is 2. The molecule has 0 amide bonds. The summed E-state index contributed by atoms with van der Waals surface area (Å²) in [5.41, 5.74) is 3.02. The van der Waals surface area contributed by atoms with Crippen LogP contribution in [-0.4, -0.2) is 30.9 Å². The van der Waals surface area contributed by atoms with Gasteiger partial charge in [0, 0.05) is 35.1 Å². The summed E-state index contributed by atoms with van der Waals surface area (Å²) in [5, 5.41) is 8.06. The lowest BCUT2D eigenvalue weighted by Crippen LogP contribution is -2.15. The highest BCUT2D eigenvalue weighted by Crippen LogP contribution is 2.28. The van der Waals surface area contributed by atoms with Gasteiger partial charge in [0.05, 0.1) is 5.69 Å². The molecule has 5 aromatic rings. The third-order valence-electron chi connectivity index (χ3n) is 5.48. The first kappa shape index (κ1) is 24.7. The molecule has 12 heteroatoms. The SMILES string of the molecule is [B]c1cnn2c(NCc3cccc(NS(=O)(=O)c4cc(F)ccc4F)c3)cc(-c3ccccc3Cl)nc12. The molecule has 2 N–H and O–H groups in total. The van der Waals surface area contributed by atoms with Crippen molar-refractivity contribution >= 4 is 52.1 Å². The van der Waals surface area contributed by atoms with Gasteiger partial charge in [-0.25, -0.2) is 22.2 Å². The molecule has 184 valence electrons. The zero-order chi connectivity index (χ0) is 26.2. The summed E-state index contributed by atoms with van der Waals surface area (Å²) in [6, 6.07) is 17.8. The normalized spacial score (nSPS) is 11.5. The van der Waals surface area contributed by atoms with Gasteiger partial charge >= 0.3 is 0 Å². The average molecular weight is 536 g/mol. The van der Waals surface area contributed by atoms with E-state index < -0.39 is 26.6 Å². The molecule has 0 aliphatic carbocycles. The number of hydrogen-bond acceptors (Lipinski definition) is 5. The lowest BCUT2D eigenvalue weighted by molar-refractivity contribution is 0.555. The summed E-state index contributed by atoms with van der Waals surface area (Å²) in [6.07, 6.45) is 1.49. The van der Waals surface area contributed by atoms with Gasteiger partial charge in [-0.1, -0.05) is 41.9 Å². The first-order valence-corrected chi connectivity index (χ1v) is 12.8. The van der Waals surface area contributed by atoms with Crippen molar-refractivity contribution in [2.24, 2.45) is 0 Å². The van der Waals surface area contributed by atoms with Gasteiger partial charge in [-0.15, -0.1) is 0 Å². The Bertz CT molecular complexity index is 1750. The minimum atomic E-state index is -4.35. The molecular formula is C25H17BClF2N5O2S. The lowest BCUT2D eigenvalue weighted by atomic mass is 10.0. The van der Waals surface area contributed by atoms with Crippen LogP contribution in [0.4, 0.5) is 20.3 Å². The highest BCUT2D eigenvalue weighted by Gasteiger charge is 2.20. The fourth-order valence-corrected chi connectivity index (χ4v) is 5.12. The van der Waals surface area contributed by atoms with E-state index in [-0.39, 0.29) is 12.2 Å². The average Bonchev–Trinajstić information content (AvgIpc) is 3.25. The Kier molecular flexibility index (Phi) is 6.57. The largest absolute Gasteiger partial charge is 0.366 e. The van der Waals surface area contributed by atoms with Crippen LogP contribution >= 0.6 is 11.6 Å². The maximum Gasteiger partial charge on any atom is 0.264 e. The van der Waals surface area contributed by atoms with E-state index in [1.165, 1.54) is 12.3 Å². The maximum absolute atomic E-state index is 14.0. The number of fused-ring (bicyclic) bond motifs is 1. The van der Waals surface area contributed by atoms with Crippen LogP contribution in [-0.2, 0) is 16.6 Å². The number of nitrogens with one attached hydrogen (secondary N) is 2. The number of rotatable bonds is 7. The Hall–Kier alpha value is -3.96. The number of benzene rings is 3. The second-order valence-electron chi connectivity index (χ2n) is 8.08. The van der Waals surface area contributed by atoms with Crippen LogP contribution in [0.25, 0.3) is 16.9 Å². The fraction of sp³-hybridized carbons (Fsp3) is 0.0400. The quantitative estimate of drug-likeness (QED) is 0.299. The zero-order valence-corrected chi connectivity index (χ0v) is 20.6. The van der Waals surface area contributed by atoms with Gasteiger partial charge in [0.15, 0.2) is 5.65 Å². The van der Waals surface area contributed by atoms with E-state index in [9.17, 15) is 17.2 Å². The predicted octanol–water partition coefficient (Wildman–Crippen LogP) is 4.53.